The molecule has 0 spiro atoms. The Bertz CT molecular complexity index is 1070. The summed E-state index contributed by atoms with van der Waals surface area (Å²) in [4.78, 5) is 19.8. The molecule has 2 aromatic heterocycles. The maximum atomic E-state index is 12.7. The predicted octanol–water partition coefficient (Wildman–Crippen LogP) is 1.33. The third-order valence-corrected chi connectivity index (χ3v) is 4.69. The smallest absolute Gasteiger partial charge is 0.340 e. The van der Waals surface area contributed by atoms with Gasteiger partial charge >= 0.3 is 5.97 Å². The molecule has 0 atom stereocenters. The van der Waals surface area contributed by atoms with Crippen molar-refractivity contribution in [3.05, 3.63) is 47.3 Å². The normalized spacial score (nSPS) is 11.5. The Kier molecular flexibility index (Phi) is 4.13. The number of sulfonamides is 1. The molecule has 3 rings (SSSR count). The van der Waals surface area contributed by atoms with E-state index in [1.807, 2.05) is 0 Å². The van der Waals surface area contributed by atoms with Crippen LogP contribution in [0.3, 0.4) is 0 Å². The van der Waals surface area contributed by atoms with Gasteiger partial charge < -0.3 is 4.74 Å². The van der Waals surface area contributed by atoms with Crippen LogP contribution in [0.5, 0.6) is 0 Å². The first-order valence-corrected chi connectivity index (χ1v) is 8.71. The molecule has 9 nitrogen and oxygen atoms in total. The van der Waals surface area contributed by atoms with Crippen molar-refractivity contribution < 1.29 is 17.9 Å². The standard InChI is InChI=1S/C15H15N5O4S/c1-9-5-4-6-11(13(21)24-3)12(9)19-25(22,23)15-17-14-16-8-7-10(2)20(14)18-15/h4-8,19H,1-3H3. The third kappa shape index (κ3) is 3.03. The minimum atomic E-state index is -4.12. The SMILES string of the molecule is COC(=O)c1cccc(C)c1NS(=O)(=O)c1nc2nccc(C)n2n1. The van der Waals surface area contributed by atoms with Crippen LogP contribution in [0.4, 0.5) is 5.69 Å². The number of para-hydroxylation sites is 1. The molecular weight excluding hydrogens is 346 g/mol. The second kappa shape index (κ2) is 6.13. The fraction of sp³-hybridized carbons (Fsp3) is 0.200. The van der Waals surface area contributed by atoms with Crippen molar-refractivity contribution in [1.29, 1.82) is 0 Å². The van der Waals surface area contributed by atoms with Crippen LogP contribution in [-0.2, 0) is 14.8 Å². The molecule has 25 heavy (non-hydrogen) atoms. The number of carbonyl (C=O) groups excluding carboxylic acids is 1. The van der Waals surface area contributed by atoms with Gasteiger partial charge in [-0.2, -0.15) is 13.4 Å². The summed E-state index contributed by atoms with van der Waals surface area (Å²) in [6.45, 7) is 3.43. The lowest BCUT2D eigenvalue weighted by Gasteiger charge is -2.12. The van der Waals surface area contributed by atoms with E-state index in [1.165, 1.54) is 23.9 Å². The molecule has 0 unspecified atom stereocenters. The predicted molar refractivity (Wildman–Crippen MR) is 88.8 cm³/mol. The number of aromatic nitrogens is 4. The number of fused-ring (bicyclic) bond motifs is 1. The summed E-state index contributed by atoms with van der Waals surface area (Å²) in [5.74, 6) is -0.486. The number of nitrogens with one attached hydrogen (secondary N) is 1. The zero-order chi connectivity index (χ0) is 18.2. The molecule has 0 saturated heterocycles. The summed E-state index contributed by atoms with van der Waals surface area (Å²) in [5.41, 5.74) is 1.47. The number of esters is 1. The van der Waals surface area contributed by atoms with Gasteiger partial charge in [0, 0.05) is 11.9 Å². The van der Waals surface area contributed by atoms with Gasteiger partial charge in [-0.25, -0.2) is 14.3 Å². The molecule has 1 N–H and O–H groups in total. The average molecular weight is 361 g/mol. The van der Waals surface area contributed by atoms with Crippen LogP contribution in [0, 0.1) is 13.8 Å². The van der Waals surface area contributed by atoms with E-state index in [2.05, 4.69) is 19.8 Å². The highest BCUT2D eigenvalue weighted by molar-refractivity contribution is 7.92. The quantitative estimate of drug-likeness (QED) is 0.697. The second-order valence-corrected chi connectivity index (χ2v) is 6.86. The van der Waals surface area contributed by atoms with Gasteiger partial charge in [-0.05, 0) is 31.5 Å². The Balaban J connectivity index is 2.07. The molecule has 2 heterocycles. The molecular formula is C15H15N5O4S. The van der Waals surface area contributed by atoms with Crippen LogP contribution in [0.15, 0.2) is 35.6 Å². The number of benzene rings is 1. The van der Waals surface area contributed by atoms with E-state index >= 15 is 0 Å². The van der Waals surface area contributed by atoms with Crippen molar-refractivity contribution in [2.75, 3.05) is 11.8 Å². The maximum Gasteiger partial charge on any atom is 0.340 e. The lowest BCUT2D eigenvalue weighted by atomic mass is 10.1. The maximum absolute atomic E-state index is 12.7. The van der Waals surface area contributed by atoms with Gasteiger partial charge in [0.05, 0.1) is 18.4 Å². The molecule has 0 saturated carbocycles. The summed E-state index contributed by atoms with van der Waals surface area (Å²) in [5, 5.41) is 3.54. The Morgan fingerprint density at radius 3 is 2.68 bits per heavy atom. The lowest BCUT2D eigenvalue weighted by Crippen LogP contribution is -2.18. The molecule has 0 fully saturated rings. The van der Waals surface area contributed by atoms with Gasteiger partial charge in [0.15, 0.2) is 0 Å². The minimum Gasteiger partial charge on any atom is -0.465 e. The average Bonchev–Trinajstić information content (AvgIpc) is 3.02. The van der Waals surface area contributed by atoms with E-state index < -0.39 is 21.1 Å². The molecule has 1 aromatic carbocycles. The van der Waals surface area contributed by atoms with Crippen molar-refractivity contribution in [2.24, 2.45) is 0 Å². The highest BCUT2D eigenvalue weighted by Crippen LogP contribution is 2.24. The van der Waals surface area contributed by atoms with E-state index in [-0.39, 0.29) is 17.0 Å². The van der Waals surface area contributed by atoms with Gasteiger partial charge in [0.2, 0.25) is 0 Å². The van der Waals surface area contributed by atoms with E-state index in [9.17, 15) is 13.2 Å². The van der Waals surface area contributed by atoms with Crippen LogP contribution >= 0.6 is 0 Å². The number of hydrogen-bond donors (Lipinski definition) is 1. The van der Waals surface area contributed by atoms with Gasteiger partial charge in [0.25, 0.3) is 21.0 Å². The summed E-state index contributed by atoms with van der Waals surface area (Å²) in [6, 6.07) is 6.46. The topological polar surface area (TPSA) is 116 Å². The van der Waals surface area contributed by atoms with Gasteiger partial charge in [-0.1, -0.05) is 12.1 Å². The molecule has 10 heteroatoms. The molecule has 0 aliphatic rings. The number of hydrogen-bond acceptors (Lipinski definition) is 7. The van der Waals surface area contributed by atoms with Crippen molar-refractivity contribution in [3.63, 3.8) is 0 Å². The zero-order valence-electron chi connectivity index (χ0n) is 13.7. The molecule has 130 valence electrons. The summed E-state index contributed by atoms with van der Waals surface area (Å²) >= 11 is 0. The number of aryl methyl sites for hydroxylation is 2. The Morgan fingerprint density at radius 2 is 2.00 bits per heavy atom. The molecule has 0 bridgehead atoms. The van der Waals surface area contributed by atoms with E-state index in [0.717, 1.165) is 0 Å². The molecule has 0 amide bonds. The summed E-state index contributed by atoms with van der Waals surface area (Å²) in [6.07, 6.45) is 1.51. The number of anilines is 1. The van der Waals surface area contributed by atoms with Gasteiger partial charge in [-0.15, -0.1) is 5.10 Å². The number of rotatable bonds is 4. The zero-order valence-corrected chi connectivity index (χ0v) is 14.5. The van der Waals surface area contributed by atoms with Crippen LogP contribution in [-0.4, -0.2) is 41.1 Å². The minimum absolute atomic E-state index is 0.101. The first kappa shape index (κ1) is 16.8. The highest BCUT2D eigenvalue weighted by Gasteiger charge is 2.25. The summed E-state index contributed by atoms with van der Waals surface area (Å²) in [7, 11) is -2.90. The largest absolute Gasteiger partial charge is 0.465 e. The summed E-state index contributed by atoms with van der Waals surface area (Å²) < 4.78 is 33.7. The monoisotopic (exact) mass is 361 g/mol. The van der Waals surface area contributed by atoms with Crippen molar-refractivity contribution in [3.8, 4) is 0 Å². The van der Waals surface area contributed by atoms with E-state index in [4.69, 9.17) is 4.74 Å². The highest BCUT2D eigenvalue weighted by atomic mass is 32.2. The molecule has 0 aliphatic heterocycles. The van der Waals surface area contributed by atoms with Crippen molar-refractivity contribution in [1.82, 2.24) is 19.6 Å². The first-order chi connectivity index (χ1) is 11.8. The Labute approximate surface area is 143 Å². The molecule has 3 aromatic rings. The lowest BCUT2D eigenvalue weighted by molar-refractivity contribution is 0.0602. The Hall–Kier alpha value is -3.01. The molecule has 0 aliphatic carbocycles. The number of ether oxygens (including phenoxy) is 1. The Morgan fingerprint density at radius 1 is 1.24 bits per heavy atom. The van der Waals surface area contributed by atoms with Gasteiger partial charge in [-0.3, -0.25) is 4.72 Å². The van der Waals surface area contributed by atoms with Gasteiger partial charge in [0.1, 0.15) is 0 Å². The fourth-order valence-electron chi connectivity index (χ4n) is 2.27. The second-order valence-electron chi connectivity index (χ2n) is 5.29. The van der Waals surface area contributed by atoms with E-state index in [1.54, 1.807) is 32.0 Å². The van der Waals surface area contributed by atoms with Crippen molar-refractivity contribution in [2.45, 2.75) is 19.0 Å². The molecule has 0 radical (unpaired) electrons. The number of nitrogens with zero attached hydrogens (tertiary/aromatic N) is 4. The van der Waals surface area contributed by atoms with Crippen LogP contribution in [0.1, 0.15) is 21.6 Å². The van der Waals surface area contributed by atoms with E-state index in [0.29, 0.717) is 11.3 Å². The van der Waals surface area contributed by atoms with Crippen molar-refractivity contribution >= 4 is 27.5 Å². The van der Waals surface area contributed by atoms with Crippen LogP contribution in [0.2, 0.25) is 0 Å². The number of carbonyl (C=O) groups is 1. The van der Waals surface area contributed by atoms with Crippen LogP contribution < -0.4 is 4.72 Å². The fourth-order valence-corrected chi connectivity index (χ4v) is 3.29. The number of methoxy groups -OCH3 is 1. The third-order valence-electron chi connectivity index (χ3n) is 3.57. The van der Waals surface area contributed by atoms with Crippen LogP contribution in [0.25, 0.3) is 5.78 Å². The first-order valence-electron chi connectivity index (χ1n) is 7.22.